The molecule has 1 aromatic rings. The number of aryl methyl sites for hydroxylation is 1. The molecule has 0 spiro atoms. The first-order chi connectivity index (χ1) is 6.75. The summed E-state index contributed by atoms with van der Waals surface area (Å²) in [5.74, 6) is 1.47. The molecule has 0 radical (unpaired) electrons. The van der Waals surface area contributed by atoms with Gasteiger partial charge in [-0.05, 0) is 36.9 Å². The smallest absolute Gasteiger partial charge is 0.0524 e. The van der Waals surface area contributed by atoms with Crippen LogP contribution in [0.2, 0.25) is 0 Å². The number of hydrogen-bond acceptors (Lipinski definition) is 2. The van der Waals surface area contributed by atoms with E-state index in [9.17, 15) is 0 Å². The van der Waals surface area contributed by atoms with E-state index in [4.69, 9.17) is 0 Å². The van der Waals surface area contributed by atoms with Crippen molar-refractivity contribution in [2.75, 3.05) is 13.1 Å². The number of rotatable bonds is 4. The van der Waals surface area contributed by atoms with Gasteiger partial charge in [0.05, 0.1) is 6.20 Å². The summed E-state index contributed by atoms with van der Waals surface area (Å²) in [5.41, 5.74) is 1.34. The lowest BCUT2D eigenvalue weighted by Gasteiger charge is -2.26. The zero-order chi connectivity index (χ0) is 9.97. The molecule has 0 aromatic carbocycles. The fourth-order valence-corrected chi connectivity index (χ4v) is 1.67. The molecule has 0 unspecified atom stereocenters. The monoisotopic (exact) mass is 193 g/mol. The largest absolute Gasteiger partial charge is 0.316 e. The van der Waals surface area contributed by atoms with E-state index in [1.165, 1.54) is 25.1 Å². The number of hydrogen-bond donors (Lipinski definition) is 1. The van der Waals surface area contributed by atoms with Crippen LogP contribution >= 0.6 is 0 Å². The zero-order valence-electron chi connectivity index (χ0n) is 9.03. The molecule has 1 aliphatic rings. The molecule has 3 heteroatoms. The van der Waals surface area contributed by atoms with Crippen molar-refractivity contribution in [3.8, 4) is 0 Å². The Morgan fingerprint density at radius 3 is 2.86 bits per heavy atom. The van der Waals surface area contributed by atoms with Crippen LogP contribution in [-0.2, 0) is 6.54 Å². The first-order valence-electron chi connectivity index (χ1n) is 5.49. The van der Waals surface area contributed by atoms with Gasteiger partial charge in [-0.2, -0.15) is 5.10 Å². The van der Waals surface area contributed by atoms with Crippen molar-refractivity contribution in [1.82, 2.24) is 15.1 Å². The van der Waals surface area contributed by atoms with Crippen molar-refractivity contribution in [2.45, 2.75) is 32.7 Å². The first-order valence-corrected chi connectivity index (χ1v) is 5.49. The predicted molar refractivity (Wildman–Crippen MR) is 57.3 cm³/mol. The van der Waals surface area contributed by atoms with Crippen LogP contribution in [0, 0.1) is 5.92 Å². The molecule has 3 nitrogen and oxygen atoms in total. The van der Waals surface area contributed by atoms with E-state index in [1.54, 1.807) is 0 Å². The number of aromatic nitrogens is 2. The molecular weight excluding hydrogens is 174 g/mol. The fourth-order valence-electron chi connectivity index (χ4n) is 1.67. The van der Waals surface area contributed by atoms with Crippen molar-refractivity contribution in [3.63, 3.8) is 0 Å². The standard InChI is InChI=1S/C11H19N3/c1-9(2)11-7-13-14(8-11)4-3-10-5-12-6-10/h7-10,12H,3-6H2,1-2H3. The topological polar surface area (TPSA) is 29.9 Å². The molecule has 0 aliphatic carbocycles. The van der Waals surface area contributed by atoms with E-state index in [0.717, 1.165) is 12.5 Å². The molecule has 14 heavy (non-hydrogen) atoms. The maximum Gasteiger partial charge on any atom is 0.0524 e. The second-order valence-electron chi connectivity index (χ2n) is 4.50. The van der Waals surface area contributed by atoms with Gasteiger partial charge in [0.15, 0.2) is 0 Å². The fraction of sp³-hybridized carbons (Fsp3) is 0.727. The highest BCUT2D eigenvalue weighted by atomic mass is 15.3. The van der Waals surface area contributed by atoms with Gasteiger partial charge < -0.3 is 5.32 Å². The average molecular weight is 193 g/mol. The first kappa shape index (κ1) is 9.71. The van der Waals surface area contributed by atoms with Crippen LogP contribution in [0.4, 0.5) is 0 Å². The van der Waals surface area contributed by atoms with Crippen LogP contribution in [0.5, 0.6) is 0 Å². The lowest BCUT2D eigenvalue weighted by molar-refractivity contribution is 0.307. The van der Waals surface area contributed by atoms with Crippen LogP contribution in [0.15, 0.2) is 12.4 Å². The highest BCUT2D eigenvalue weighted by Gasteiger charge is 2.16. The molecule has 1 aliphatic heterocycles. The normalized spacial score (nSPS) is 17.4. The molecule has 0 atom stereocenters. The van der Waals surface area contributed by atoms with Crippen molar-refractivity contribution in [3.05, 3.63) is 18.0 Å². The van der Waals surface area contributed by atoms with Crippen molar-refractivity contribution >= 4 is 0 Å². The molecular formula is C11H19N3. The lowest BCUT2D eigenvalue weighted by Crippen LogP contribution is -2.42. The molecule has 0 bridgehead atoms. The van der Waals surface area contributed by atoms with Crippen LogP contribution in [0.1, 0.15) is 31.7 Å². The summed E-state index contributed by atoms with van der Waals surface area (Å²) >= 11 is 0. The van der Waals surface area contributed by atoms with Gasteiger partial charge in [0, 0.05) is 12.7 Å². The van der Waals surface area contributed by atoms with E-state index < -0.39 is 0 Å². The van der Waals surface area contributed by atoms with E-state index in [0.29, 0.717) is 5.92 Å². The second-order valence-corrected chi connectivity index (χ2v) is 4.50. The van der Waals surface area contributed by atoms with Crippen molar-refractivity contribution in [2.24, 2.45) is 5.92 Å². The summed E-state index contributed by atoms with van der Waals surface area (Å²) in [7, 11) is 0. The van der Waals surface area contributed by atoms with E-state index in [-0.39, 0.29) is 0 Å². The van der Waals surface area contributed by atoms with Crippen LogP contribution in [0.25, 0.3) is 0 Å². The third-order valence-electron chi connectivity index (χ3n) is 2.95. The van der Waals surface area contributed by atoms with Crippen LogP contribution < -0.4 is 5.32 Å². The Morgan fingerprint density at radius 1 is 1.57 bits per heavy atom. The molecule has 1 fully saturated rings. The van der Waals surface area contributed by atoms with E-state index in [2.05, 4.69) is 35.1 Å². The maximum absolute atomic E-state index is 4.36. The van der Waals surface area contributed by atoms with Gasteiger partial charge in [-0.25, -0.2) is 0 Å². The average Bonchev–Trinajstić information content (AvgIpc) is 2.50. The van der Waals surface area contributed by atoms with Crippen molar-refractivity contribution in [1.29, 1.82) is 0 Å². The molecule has 78 valence electrons. The van der Waals surface area contributed by atoms with E-state index >= 15 is 0 Å². The number of nitrogens with one attached hydrogen (secondary N) is 1. The third-order valence-corrected chi connectivity index (χ3v) is 2.95. The van der Waals surface area contributed by atoms with Crippen LogP contribution in [0.3, 0.4) is 0 Å². The molecule has 1 N–H and O–H groups in total. The summed E-state index contributed by atoms with van der Waals surface area (Å²) in [4.78, 5) is 0. The second kappa shape index (κ2) is 4.13. The number of nitrogens with zero attached hydrogens (tertiary/aromatic N) is 2. The maximum atomic E-state index is 4.36. The third kappa shape index (κ3) is 2.15. The minimum atomic E-state index is 0.592. The molecule has 2 rings (SSSR count). The quantitative estimate of drug-likeness (QED) is 0.787. The van der Waals surface area contributed by atoms with Gasteiger partial charge in [-0.3, -0.25) is 4.68 Å². The molecule has 1 aromatic heterocycles. The van der Waals surface area contributed by atoms with Crippen molar-refractivity contribution < 1.29 is 0 Å². The lowest BCUT2D eigenvalue weighted by atomic mass is 10.00. The Bertz CT molecular complexity index is 286. The minimum absolute atomic E-state index is 0.592. The summed E-state index contributed by atoms with van der Waals surface area (Å²) < 4.78 is 2.08. The Kier molecular flexibility index (Phi) is 2.87. The highest BCUT2D eigenvalue weighted by molar-refractivity contribution is 5.08. The molecule has 0 amide bonds. The zero-order valence-corrected chi connectivity index (χ0v) is 9.03. The Morgan fingerprint density at radius 2 is 2.36 bits per heavy atom. The highest BCUT2D eigenvalue weighted by Crippen LogP contribution is 2.14. The Hall–Kier alpha value is -0.830. The summed E-state index contributed by atoms with van der Waals surface area (Å²) in [5, 5.41) is 7.66. The SMILES string of the molecule is CC(C)c1cnn(CCC2CNC2)c1. The van der Waals surface area contributed by atoms with Gasteiger partial charge in [0.2, 0.25) is 0 Å². The summed E-state index contributed by atoms with van der Waals surface area (Å²) in [6, 6.07) is 0. The van der Waals surface area contributed by atoms with Gasteiger partial charge in [-0.15, -0.1) is 0 Å². The van der Waals surface area contributed by atoms with E-state index in [1.807, 2.05) is 6.20 Å². The molecule has 1 saturated heterocycles. The van der Waals surface area contributed by atoms with Gasteiger partial charge in [-0.1, -0.05) is 13.8 Å². The minimum Gasteiger partial charge on any atom is -0.316 e. The Balaban J connectivity index is 1.83. The van der Waals surface area contributed by atoms with Gasteiger partial charge >= 0.3 is 0 Å². The van der Waals surface area contributed by atoms with Gasteiger partial charge in [0.1, 0.15) is 0 Å². The molecule has 0 saturated carbocycles. The van der Waals surface area contributed by atoms with Gasteiger partial charge in [0.25, 0.3) is 0 Å². The van der Waals surface area contributed by atoms with Crippen LogP contribution in [-0.4, -0.2) is 22.9 Å². The summed E-state index contributed by atoms with van der Waals surface area (Å²) in [6.07, 6.45) is 5.42. The Labute approximate surface area is 85.5 Å². The summed E-state index contributed by atoms with van der Waals surface area (Å²) in [6.45, 7) is 7.87. The predicted octanol–water partition coefficient (Wildman–Crippen LogP) is 1.62. The molecule has 2 heterocycles.